The summed E-state index contributed by atoms with van der Waals surface area (Å²) in [7, 11) is 1.67. The molecule has 0 aromatic heterocycles. The molecule has 19 heavy (non-hydrogen) atoms. The summed E-state index contributed by atoms with van der Waals surface area (Å²) in [5.74, 6) is 0.545. The smallest absolute Gasteiger partial charge is 0.188 e. The van der Waals surface area contributed by atoms with Crippen LogP contribution < -0.4 is 11.1 Å². The Bertz CT molecular complexity index is 204. The van der Waals surface area contributed by atoms with Crippen molar-refractivity contribution in [2.45, 2.75) is 39.0 Å². The summed E-state index contributed by atoms with van der Waals surface area (Å²) in [6.45, 7) is 5.82. The maximum absolute atomic E-state index is 5.73. The number of unbranched alkanes of at least 4 members (excludes halogenated alkanes) is 3. The summed E-state index contributed by atoms with van der Waals surface area (Å²) in [4.78, 5) is 4.23. The van der Waals surface area contributed by atoms with E-state index >= 15 is 0 Å². The molecule has 0 aliphatic heterocycles. The number of rotatable bonds is 12. The minimum Gasteiger partial charge on any atom is -0.382 e. The zero-order valence-electron chi connectivity index (χ0n) is 12.3. The van der Waals surface area contributed by atoms with Gasteiger partial charge in [0.1, 0.15) is 0 Å². The van der Waals surface area contributed by atoms with Gasteiger partial charge < -0.3 is 20.5 Å². The Kier molecular flexibility index (Phi) is 20.0. The Hall–Kier alpha value is -0.0800. The number of nitrogens with two attached hydrogens (primary N) is 1. The molecule has 0 aliphatic carbocycles. The summed E-state index contributed by atoms with van der Waals surface area (Å²) in [5.41, 5.74) is 5.73. The lowest BCUT2D eigenvalue weighted by atomic mass is 10.2. The van der Waals surface area contributed by atoms with Crippen molar-refractivity contribution >= 4 is 29.9 Å². The Balaban J connectivity index is 0. The number of hydrogen-bond donors (Lipinski definition) is 2. The second-order valence-corrected chi connectivity index (χ2v) is 4.21. The normalized spacial score (nSPS) is 11.2. The first-order valence-electron chi connectivity index (χ1n) is 6.91. The van der Waals surface area contributed by atoms with Crippen molar-refractivity contribution in [3.63, 3.8) is 0 Å². The highest BCUT2D eigenvalue weighted by molar-refractivity contribution is 14.0. The van der Waals surface area contributed by atoms with Gasteiger partial charge in [-0.25, -0.2) is 0 Å². The number of hydrogen-bond acceptors (Lipinski definition) is 3. The highest BCUT2D eigenvalue weighted by Crippen LogP contribution is 1.96. The van der Waals surface area contributed by atoms with E-state index in [2.05, 4.69) is 17.2 Å². The zero-order chi connectivity index (χ0) is 13.5. The maximum Gasteiger partial charge on any atom is 0.188 e. The van der Waals surface area contributed by atoms with Crippen LogP contribution in [-0.4, -0.2) is 46.0 Å². The van der Waals surface area contributed by atoms with E-state index in [0.717, 1.165) is 19.4 Å². The molecule has 0 bridgehead atoms. The fraction of sp³-hybridized carbons (Fsp3) is 0.923. The number of methoxy groups -OCH3 is 1. The van der Waals surface area contributed by atoms with Gasteiger partial charge in [0.25, 0.3) is 0 Å². The summed E-state index contributed by atoms with van der Waals surface area (Å²) >= 11 is 0. The SMILES string of the molecule is CCCCCCNC(N)=NCCCOCCOC.I. The highest BCUT2D eigenvalue weighted by Gasteiger charge is 1.92. The Labute approximate surface area is 134 Å². The molecule has 0 unspecified atom stereocenters. The molecule has 5 nitrogen and oxygen atoms in total. The fourth-order valence-corrected chi connectivity index (χ4v) is 1.43. The second-order valence-electron chi connectivity index (χ2n) is 4.21. The molecule has 0 aromatic carbocycles. The number of nitrogens with one attached hydrogen (secondary N) is 1. The number of aliphatic imine (C=N–C) groups is 1. The maximum atomic E-state index is 5.73. The van der Waals surface area contributed by atoms with Crippen molar-refractivity contribution in [2.75, 3.05) is 40.0 Å². The van der Waals surface area contributed by atoms with Crippen LogP contribution in [0.5, 0.6) is 0 Å². The molecule has 0 saturated carbocycles. The van der Waals surface area contributed by atoms with Crippen molar-refractivity contribution in [3.05, 3.63) is 0 Å². The third kappa shape index (κ3) is 17.9. The quantitative estimate of drug-likeness (QED) is 0.233. The predicted octanol–water partition coefficient (Wildman–Crippen LogP) is 2.14. The van der Waals surface area contributed by atoms with E-state index in [1.807, 2.05) is 0 Å². The van der Waals surface area contributed by atoms with Crippen LogP contribution in [0.2, 0.25) is 0 Å². The first-order valence-corrected chi connectivity index (χ1v) is 6.91. The molecule has 6 heteroatoms. The van der Waals surface area contributed by atoms with Crippen molar-refractivity contribution in [2.24, 2.45) is 10.7 Å². The van der Waals surface area contributed by atoms with Gasteiger partial charge in [0.05, 0.1) is 13.2 Å². The first-order chi connectivity index (χ1) is 8.81. The van der Waals surface area contributed by atoms with Gasteiger partial charge in [-0.2, -0.15) is 0 Å². The largest absolute Gasteiger partial charge is 0.382 e. The van der Waals surface area contributed by atoms with Crippen molar-refractivity contribution in [1.82, 2.24) is 5.32 Å². The molecule has 0 radical (unpaired) electrons. The summed E-state index contributed by atoms with van der Waals surface area (Å²) < 4.78 is 10.2. The van der Waals surface area contributed by atoms with Gasteiger partial charge in [-0.05, 0) is 12.8 Å². The zero-order valence-corrected chi connectivity index (χ0v) is 14.7. The molecule has 0 aliphatic rings. The van der Waals surface area contributed by atoms with Gasteiger partial charge in [0.2, 0.25) is 0 Å². The van der Waals surface area contributed by atoms with Crippen molar-refractivity contribution in [1.29, 1.82) is 0 Å². The molecule has 0 aromatic rings. The van der Waals surface area contributed by atoms with Crippen LogP contribution in [0.3, 0.4) is 0 Å². The Morgan fingerprint density at radius 1 is 1.11 bits per heavy atom. The van der Waals surface area contributed by atoms with Gasteiger partial charge >= 0.3 is 0 Å². The highest BCUT2D eigenvalue weighted by atomic mass is 127. The van der Waals surface area contributed by atoms with E-state index in [-0.39, 0.29) is 24.0 Å². The third-order valence-corrected chi connectivity index (χ3v) is 2.50. The lowest BCUT2D eigenvalue weighted by molar-refractivity contribution is 0.0702. The van der Waals surface area contributed by atoms with E-state index in [9.17, 15) is 0 Å². The summed E-state index contributed by atoms with van der Waals surface area (Å²) in [6.07, 6.45) is 5.85. The van der Waals surface area contributed by atoms with Crippen LogP contribution in [-0.2, 0) is 9.47 Å². The Morgan fingerprint density at radius 2 is 1.89 bits per heavy atom. The molecular formula is C13H30IN3O2. The lowest BCUT2D eigenvalue weighted by Crippen LogP contribution is -2.32. The van der Waals surface area contributed by atoms with Gasteiger partial charge in [-0.1, -0.05) is 26.2 Å². The van der Waals surface area contributed by atoms with Gasteiger partial charge in [0.15, 0.2) is 5.96 Å². The van der Waals surface area contributed by atoms with E-state index < -0.39 is 0 Å². The Morgan fingerprint density at radius 3 is 2.58 bits per heavy atom. The van der Waals surface area contributed by atoms with E-state index in [1.54, 1.807) is 7.11 Å². The van der Waals surface area contributed by atoms with Crippen LogP contribution in [0.4, 0.5) is 0 Å². The van der Waals surface area contributed by atoms with E-state index in [1.165, 1.54) is 19.3 Å². The van der Waals surface area contributed by atoms with Gasteiger partial charge in [-0.3, -0.25) is 4.99 Å². The number of nitrogens with zero attached hydrogens (tertiary/aromatic N) is 1. The van der Waals surface area contributed by atoms with Crippen LogP contribution >= 0.6 is 24.0 Å². The molecule has 0 saturated heterocycles. The minimum absolute atomic E-state index is 0. The first kappa shape index (κ1) is 21.2. The number of ether oxygens (including phenoxy) is 2. The topological polar surface area (TPSA) is 68.9 Å². The fourth-order valence-electron chi connectivity index (χ4n) is 1.43. The van der Waals surface area contributed by atoms with E-state index in [0.29, 0.717) is 32.3 Å². The molecule has 0 spiro atoms. The molecule has 0 atom stereocenters. The predicted molar refractivity (Wildman–Crippen MR) is 91.4 cm³/mol. The number of guanidine groups is 1. The van der Waals surface area contributed by atoms with Gasteiger partial charge in [-0.15, -0.1) is 24.0 Å². The molecule has 0 fully saturated rings. The van der Waals surface area contributed by atoms with E-state index in [4.69, 9.17) is 15.2 Å². The molecule has 116 valence electrons. The molecule has 3 N–H and O–H groups in total. The molecule has 0 heterocycles. The van der Waals surface area contributed by atoms with Crippen LogP contribution in [0.25, 0.3) is 0 Å². The van der Waals surface area contributed by atoms with Crippen LogP contribution in [0.15, 0.2) is 4.99 Å². The monoisotopic (exact) mass is 387 g/mol. The summed E-state index contributed by atoms with van der Waals surface area (Å²) in [5, 5.41) is 3.12. The average molecular weight is 387 g/mol. The lowest BCUT2D eigenvalue weighted by Gasteiger charge is -2.05. The summed E-state index contributed by atoms with van der Waals surface area (Å²) in [6, 6.07) is 0. The second kappa shape index (κ2) is 17.9. The average Bonchev–Trinajstić information content (AvgIpc) is 2.37. The number of halogens is 1. The van der Waals surface area contributed by atoms with Crippen LogP contribution in [0, 0.1) is 0 Å². The van der Waals surface area contributed by atoms with Crippen LogP contribution in [0.1, 0.15) is 39.0 Å². The standard InChI is InChI=1S/C13H29N3O2.HI/c1-3-4-5-6-8-15-13(14)16-9-7-10-18-12-11-17-2;/h3-12H2,1-2H3,(H3,14,15,16);1H. The molecule has 0 rings (SSSR count). The molecular weight excluding hydrogens is 357 g/mol. The molecule has 0 amide bonds. The third-order valence-electron chi connectivity index (χ3n) is 2.50. The van der Waals surface area contributed by atoms with Gasteiger partial charge in [0, 0.05) is 26.8 Å². The van der Waals surface area contributed by atoms with Crippen molar-refractivity contribution < 1.29 is 9.47 Å². The minimum atomic E-state index is 0. The van der Waals surface area contributed by atoms with Crippen molar-refractivity contribution in [3.8, 4) is 0 Å².